The molecule has 0 saturated carbocycles. The Morgan fingerprint density at radius 3 is 1.13 bits per heavy atom. The average Bonchev–Trinajstić information content (AvgIpc) is 3.11. The molecule has 0 bridgehead atoms. The molecule has 61 heavy (non-hydrogen) atoms. The summed E-state index contributed by atoms with van der Waals surface area (Å²) in [5, 5.41) is 4.23. The van der Waals surface area contributed by atoms with Gasteiger partial charge >= 0.3 is 0 Å². The molecule has 0 radical (unpaired) electrons. The summed E-state index contributed by atoms with van der Waals surface area (Å²) in [5.74, 6) is 0. The van der Waals surface area contributed by atoms with Crippen LogP contribution in [0, 0.1) is 0 Å². The van der Waals surface area contributed by atoms with E-state index < -0.39 is 6.04 Å². The molecule has 0 unspecified atom stereocenters. The van der Waals surface area contributed by atoms with E-state index in [1.54, 1.807) is 0 Å². The summed E-state index contributed by atoms with van der Waals surface area (Å²) in [4.78, 5) is 8.19. The summed E-state index contributed by atoms with van der Waals surface area (Å²) < 4.78 is 0. The van der Waals surface area contributed by atoms with E-state index in [-0.39, 0.29) is 37.9 Å². The van der Waals surface area contributed by atoms with Crippen LogP contribution in [-0.4, -0.2) is 0 Å². The Hall–Kier alpha value is -3.30. The summed E-state index contributed by atoms with van der Waals surface area (Å²) in [7, 11) is 0. The van der Waals surface area contributed by atoms with Crippen LogP contribution >= 0.6 is 17.8 Å². The van der Waals surface area contributed by atoms with Gasteiger partial charge in [-0.2, -0.15) is 0 Å². The number of rotatable bonds is 0. The number of nitrogens with zero attached hydrogens (tertiary/aromatic N) is 2. The summed E-state index contributed by atoms with van der Waals surface area (Å²) >= 11 is 9.80. The zero-order chi connectivity index (χ0) is 44.5. The number of benzene rings is 5. The predicted octanol–water partition coefficient (Wildman–Crippen LogP) is 15.2. The topological polar surface area (TPSA) is 6.48 Å². The summed E-state index contributed by atoms with van der Waals surface area (Å²) in [6, 6.07) is 22.5. The molecule has 10 rings (SSSR count). The highest BCUT2D eigenvalue weighted by atomic mass is 32.4. The second-order valence-electron chi connectivity index (χ2n) is 25.2. The minimum atomic E-state index is -2.67. The third kappa shape index (κ3) is 5.31. The summed E-state index contributed by atoms with van der Waals surface area (Å²) in [5.41, 5.74) is 19.9. The van der Waals surface area contributed by atoms with E-state index in [4.69, 9.17) is 11.8 Å². The Bertz CT molecular complexity index is 2710. The van der Waals surface area contributed by atoms with Crippen molar-refractivity contribution in [1.29, 1.82) is 0 Å². The maximum absolute atomic E-state index is 7.80. The van der Waals surface area contributed by atoms with Crippen molar-refractivity contribution in [2.45, 2.75) is 179 Å². The standard InChI is InChI=1S/C56H67N2PS2/c1-50(2,3)30-20-22-37-33(24-30)55(16,17)43-35(53(10,11)12)28-41-48-45(43)57(37)39-26-32(52(7,8)9)27-40-47(39)59(48,60)49-42(61-41)29-36(54(13,14)15)44-46(49)58(40)38-23-21-31(51(4,5)6)25-34(38)56(44,18)19/h20-29H,1-19H3. The lowest BCUT2D eigenvalue weighted by molar-refractivity contribution is 0.541. The van der Waals surface area contributed by atoms with Crippen LogP contribution in [0.2, 0.25) is 0 Å². The first-order valence-corrected chi connectivity index (χ1v) is 26.3. The van der Waals surface area contributed by atoms with Crippen LogP contribution in [0.3, 0.4) is 0 Å². The van der Waals surface area contributed by atoms with E-state index >= 15 is 0 Å². The van der Waals surface area contributed by atoms with Gasteiger partial charge in [-0.3, -0.25) is 0 Å². The maximum atomic E-state index is 7.80. The largest absolute Gasteiger partial charge is 0.308 e. The minimum Gasteiger partial charge on any atom is -0.308 e. The van der Waals surface area contributed by atoms with Crippen molar-refractivity contribution in [3.05, 3.63) is 111 Å². The number of fused-ring (bicyclic) bond motifs is 6. The van der Waals surface area contributed by atoms with Crippen molar-refractivity contribution in [2.75, 3.05) is 9.80 Å². The van der Waals surface area contributed by atoms with Crippen LogP contribution in [0.25, 0.3) is 0 Å². The van der Waals surface area contributed by atoms with E-state index in [0.29, 0.717) is 0 Å². The monoisotopic (exact) mass is 862 g/mol. The van der Waals surface area contributed by atoms with Crippen LogP contribution in [0.1, 0.15) is 182 Å². The zero-order valence-corrected chi connectivity index (χ0v) is 43.0. The highest BCUT2D eigenvalue weighted by Gasteiger charge is 2.57. The van der Waals surface area contributed by atoms with Crippen LogP contribution in [0.15, 0.2) is 70.5 Å². The molecule has 2 nitrogen and oxygen atoms in total. The van der Waals surface area contributed by atoms with E-state index in [9.17, 15) is 0 Å². The van der Waals surface area contributed by atoms with Crippen molar-refractivity contribution in [2.24, 2.45) is 0 Å². The first-order chi connectivity index (χ1) is 27.8. The van der Waals surface area contributed by atoms with Crippen LogP contribution in [0.5, 0.6) is 0 Å². The van der Waals surface area contributed by atoms with Crippen molar-refractivity contribution in [3.63, 3.8) is 0 Å². The number of hydrogen-bond donors (Lipinski definition) is 0. The third-order valence-electron chi connectivity index (χ3n) is 14.9. The Labute approximate surface area is 377 Å². The highest BCUT2D eigenvalue weighted by molar-refractivity contribution is 8.27. The van der Waals surface area contributed by atoms with Crippen molar-refractivity contribution in [1.82, 2.24) is 0 Å². The zero-order valence-electron chi connectivity index (χ0n) is 40.4. The Morgan fingerprint density at radius 1 is 0.443 bits per heavy atom. The average molecular weight is 863 g/mol. The first-order valence-electron chi connectivity index (χ1n) is 22.6. The third-order valence-corrected chi connectivity index (χ3v) is 21.2. The molecule has 0 aromatic heterocycles. The van der Waals surface area contributed by atoms with Crippen LogP contribution in [-0.2, 0) is 49.7 Å². The van der Waals surface area contributed by atoms with Crippen molar-refractivity contribution >= 4 is 79.6 Å². The van der Waals surface area contributed by atoms with Gasteiger partial charge in [-0.15, -0.1) is 0 Å². The summed E-state index contributed by atoms with van der Waals surface area (Å²) in [6.45, 7) is 45.8. The van der Waals surface area contributed by atoms with Gasteiger partial charge in [0.15, 0.2) is 0 Å². The van der Waals surface area contributed by atoms with Gasteiger partial charge in [0.25, 0.3) is 0 Å². The molecule has 5 aliphatic heterocycles. The Kier molecular flexibility index (Phi) is 8.12. The van der Waals surface area contributed by atoms with Crippen molar-refractivity contribution in [3.8, 4) is 0 Å². The minimum absolute atomic E-state index is 0.0191. The molecule has 5 aromatic rings. The number of anilines is 6. The molecular weight excluding hydrogens is 796 g/mol. The van der Waals surface area contributed by atoms with E-state index in [2.05, 4.69) is 202 Å². The van der Waals surface area contributed by atoms with E-state index in [1.165, 1.54) is 110 Å². The molecule has 5 aliphatic rings. The molecule has 0 spiro atoms. The van der Waals surface area contributed by atoms with E-state index in [1.807, 2.05) is 11.8 Å². The van der Waals surface area contributed by atoms with Gasteiger partial charge in [-0.05, 0) is 114 Å². The van der Waals surface area contributed by atoms with Crippen molar-refractivity contribution < 1.29 is 0 Å². The van der Waals surface area contributed by atoms with Crippen LogP contribution < -0.4 is 25.7 Å². The quantitative estimate of drug-likeness (QED) is 0.140. The first kappa shape index (κ1) is 41.7. The molecule has 0 atom stereocenters. The number of hydrogen-bond acceptors (Lipinski definition) is 4. The molecular formula is C56H67N2PS2. The molecule has 5 heteroatoms. The molecule has 5 aromatic carbocycles. The second-order valence-corrected chi connectivity index (χ2v) is 30.5. The SMILES string of the molecule is CC(C)(C)c1cc2c3c(c1)N1c4ccc(C(C)(C)C)cc4C(C)(C)c4c(C(C)(C)C)cc5c(c41)P3(=S)c1c(cc(C(C)(C)C)c3c1N2c1ccc(C(C)(C)C)cc1C3(C)C)S5. The summed E-state index contributed by atoms with van der Waals surface area (Å²) in [6.07, 6.45) is 0. The van der Waals surface area contributed by atoms with Crippen LogP contribution in [0.4, 0.5) is 34.1 Å². The smallest absolute Gasteiger partial charge is 0.0608 e. The highest BCUT2D eigenvalue weighted by Crippen LogP contribution is 2.72. The van der Waals surface area contributed by atoms with E-state index in [0.717, 1.165) is 0 Å². The molecule has 318 valence electrons. The lowest BCUT2D eigenvalue weighted by atomic mass is 9.66. The van der Waals surface area contributed by atoms with Gasteiger partial charge in [0.05, 0.1) is 34.1 Å². The fourth-order valence-corrected chi connectivity index (χ4v) is 19.0. The molecule has 0 fully saturated rings. The lowest BCUT2D eigenvalue weighted by Crippen LogP contribution is -2.51. The Morgan fingerprint density at radius 2 is 0.803 bits per heavy atom. The second kappa shape index (κ2) is 11.9. The van der Waals surface area contributed by atoms with Gasteiger partial charge < -0.3 is 9.80 Å². The normalized spacial score (nSPS) is 18.4. The Balaban J connectivity index is 1.46. The van der Waals surface area contributed by atoms with Gasteiger partial charge in [0.2, 0.25) is 0 Å². The van der Waals surface area contributed by atoms with Gasteiger partial charge in [0.1, 0.15) is 0 Å². The molecule has 0 aliphatic carbocycles. The fraction of sp³-hybridized carbons (Fsp3) is 0.464. The van der Waals surface area contributed by atoms with Gasteiger partial charge in [-0.1, -0.05) is 179 Å². The molecule has 0 N–H and O–H groups in total. The predicted molar refractivity (Wildman–Crippen MR) is 271 cm³/mol. The van der Waals surface area contributed by atoms with Gasteiger partial charge in [-0.25, -0.2) is 0 Å². The fourth-order valence-electron chi connectivity index (χ4n) is 11.5. The molecule has 0 saturated heterocycles. The molecule has 5 heterocycles. The molecule has 0 amide bonds. The lowest BCUT2D eigenvalue weighted by Gasteiger charge is -2.57. The van der Waals surface area contributed by atoms with Gasteiger partial charge in [0, 0.05) is 42.6 Å². The maximum Gasteiger partial charge on any atom is 0.0608 e.